The van der Waals surface area contributed by atoms with E-state index >= 15 is 0 Å². The van der Waals surface area contributed by atoms with Crippen LogP contribution in [0.5, 0.6) is 0 Å². The molecule has 0 radical (unpaired) electrons. The molecule has 1 heterocycles. The average molecular weight is 347 g/mol. The number of carbonyl (C=O) groups excluding carboxylic acids is 1. The molecule has 1 aromatic carbocycles. The number of aromatic carboxylic acids is 1. The highest BCUT2D eigenvalue weighted by Gasteiger charge is 2.19. The quantitative estimate of drug-likeness (QED) is 0.727. The van der Waals surface area contributed by atoms with Gasteiger partial charge in [0.05, 0.1) is 17.6 Å². The van der Waals surface area contributed by atoms with Crippen LogP contribution < -0.4 is 0 Å². The first-order valence-electron chi connectivity index (χ1n) is 7.89. The molecule has 0 bridgehead atoms. The molecule has 0 spiro atoms. The Morgan fingerprint density at radius 2 is 1.92 bits per heavy atom. The van der Waals surface area contributed by atoms with E-state index in [1.165, 1.54) is 24.1 Å². The Kier molecular flexibility index (Phi) is 6.49. The molecule has 0 saturated heterocycles. The zero-order chi connectivity index (χ0) is 17.5. The van der Waals surface area contributed by atoms with Crippen LogP contribution in [0.1, 0.15) is 46.7 Å². The van der Waals surface area contributed by atoms with Crippen molar-refractivity contribution in [2.45, 2.75) is 30.9 Å². The van der Waals surface area contributed by atoms with Gasteiger partial charge in [0.25, 0.3) is 5.91 Å². The van der Waals surface area contributed by atoms with Crippen molar-refractivity contribution in [2.24, 2.45) is 0 Å². The number of amides is 1. The van der Waals surface area contributed by atoms with Gasteiger partial charge < -0.3 is 14.4 Å². The number of hydrogen-bond acceptors (Lipinski definition) is 4. The number of rotatable bonds is 8. The molecule has 6 heteroatoms. The third-order valence-corrected chi connectivity index (χ3v) is 4.69. The van der Waals surface area contributed by atoms with Crippen molar-refractivity contribution in [3.05, 3.63) is 53.5 Å². The molecule has 2 aromatic rings. The normalized spacial score (nSPS) is 10.6. The summed E-state index contributed by atoms with van der Waals surface area (Å²) < 4.78 is 5.26. The van der Waals surface area contributed by atoms with Gasteiger partial charge in [0, 0.05) is 18.0 Å². The van der Waals surface area contributed by atoms with Crippen molar-refractivity contribution < 1.29 is 19.1 Å². The highest BCUT2D eigenvalue weighted by molar-refractivity contribution is 7.98. The van der Waals surface area contributed by atoms with Gasteiger partial charge in [-0.15, -0.1) is 11.8 Å². The summed E-state index contributed by atoms with van der Waals surface area (Å²) in [5.74, 6) is -0.251. The molecule has 1 N–H and O–H groups in total. The number of benzene rings is 1. The van der Waals surface area contributed by atoms with E-state index in [-0.39, 0.29) is 11.5 Å². The second-order valence-corrected chi connectivity index (χ2v) is 6.25. The Morgan fingerprint density at radius 1 is 1.17 bits per heavy atom. The molecule has 0 aliphatic rings. The average Bonchev–Trinajstić information content (AvgIpc) is 3.06. The highest BCUT2D eigenvalue weighted by Crippen LogP contribution is 2.28. The third kappa shape index (κ3) is 4.20. The first-order chi connectivity index (χ1) is 11.6. The Morgan fingerprint density at radius 3 is 2.58 bits per heavy atom. The number of thioether (sulfide) groups is 1. The van der Waals surface area contributed by atoms with E-state index in [1.54, 1.807) is 0 Å². The van der Waals surface area contributed by atoms with Gasteiger partial charge in [-0.25, -0.2) is 4.79 Å². The standard InChI is InChI=1S/C18H21NO4S/c1-3-10-19(4-2)17(20)14-7-5-6-8-16(14)24-12-15-13(18(21)22)9-11-23-15/h5-9,11H,3-4,10,12H2,1-2H3,(H,21,22). The molecule has 24 heavy (non-hydrogen) atoms. The van der Waals surface area contributed by atoms with Crippen molar-refractivity contribution in [3.8, 4) is 0 Å². The monoisotopic (exact) mass is 347 g/mol. The lowest BCUT2D eigenvalue weighted by atomic mass is 10.2. The maximum Gasteiger partial charge on any atom is 0.339 e. The van der Waals surface area contributed by atoms with Gasteiger partial charge in [-0.1, -0.05) is 19.1 Å². The Labute approximate surface area is 145 Å². The fourth-order valence-corrected chi connectivity index (χ4v) is 3.39. The molecule has 0 saturated carbocycles. The maximum absolute atomic E-state index is 12.7. The molecule has 128 valence electrons. The highest BCUT2D eigenvalue weighted by atomic mass is 32.2. The van der Waals surface area contributed by atoms with E-state index in [2.05, 4.69) is 0 Å². The van der Waals surface area contributed by atoms with Crippen molar-refractivity contribution in [1.29, 1.82) is 0 Å². The van der Waals surface area contributed by atoms with Crippen LogP contribution in [-0.2, 0) is 5.75 Å². The predicted molar refractivity (Wildman–Crippen MR) is 93.5 cm³/mol. The summed E-state index contributed by atoms with van der Waals surface area (Å²) >= 11 is 1.41. The second kappa shape index (κ2) is 8.59. The molecule has 0 fully saturated rings. The lowest BCUT2D eigenvalue weighted by Gasteiger charge is -2.21. The number of carboxylic acids is 1. The Hall–Kier alpha value is -2.21. The Balaban J connectivity index is 2.18. The molecule has 1 amide bonds. The van der Waals surface area contributed by atoms with Crippen molar-refractivity contribution >= 4 is 23.6 Å². The third-order valence-electron chi connectivity index (χ3n) is 3.61. The summed E-state index contributed by atoms with van der Waals surface area (Å²) in [5, 5.41) is 9.13. The van der Waals surface area contributed by atoms with Gasteiger partial charge in [0.1, 0.15) is 11.3 Å². The first-order valence-corrected chi connectivity index (χ1v) is 8.87. The number of hydrogen-bond donors (Lipinski definition) is 1. The molecular formula is C18H21NO4S. The lowest BCUT2D eigenvalue weighted by Crippen LogP contribution is -2.31. The number of carboxylic acid groups (broad SMARTS) is 1. The Bertz CT molecular complexity index is 711. The zero-order valence-electron chi connectivity index (χ0n) is 13.8. The molecule has 1 aromatic heterocycles. The van der Waals surface area contributed by atoms with E-state index in [1.807, 2.05) is 43.0 Å². The fraction of sp³-hybridized carbons (Fsp3) is 0.333. The molecule has 5 nitrogen and oxygen atoms in total. The minimum Gasteiger partial charge on any atom is -0.478 e. The number of furan rings is 1. The topological polar surface area (TPSA) is 70.8 Å². The largest absolute Gasteiger partial charge is 0.478 e. The smallest absolute Gasteiger partial charge is 0.339 e. The predicted octanol–water partition coefficient (Wildman–Crippen LogP) is 4.14. The molecule has 0 unspecified atom stereocenters. The van der Waals surface area contributed by atoms with Crippen molar-refractivity contribution in [1.82, 2.24) is 4.90 Å². The van der Waals surface area contributed by atoms with Crippen LogP contribution in [0.4, 0.5) is 0 Å². The SMILES string of the molecule is CCCN(CC)C(=O)c1ccccc1SCc1occc1C(=O)O. The van der Waals surface area contributed by atoms with E-state index in [0.29, 0.717) is 23.6 Å². The van der Waals surface area contributed by atoms with Gasteiger partial charge in [0.2, 0.25) is 0 Å². The summed E-state index contributed by atoms with van der Waals surface area (Å²) in [7, 11) is 0. The van der Waals surface area contributed by atoms with Crippen LogP contribution in [0.3, 0.4) is 0 Å². The zero-order valence-corrected chi connectivity index (χ0v) is 14.6. The van der Waals surface area contributed by atoms with Crippen molar-refractivity contribution in [2.75, 3.05) is 13.1 Å². The first kappa shape index (κ1) is 18.1. The molecule has 2 rings (SSSR count). The van der Waals surface area contributed by atoms with Gasteiger partial charge in [0.15, 0.2) is 0 Å². The lowest BCUT2D eigenvalue weighted by molar-refractivity contribution is 0.0693. The van der Waals surface area contributed by atoms with Crippen LogP contribution in [0, 0.1) is 0 Å². The van der Waals surface area contributed by atoms with Crippen LogP contribution in [-0.4, -0.2) is 35.0 Å². The van der Waals surface area contributed by atoms with Crippen LogP contribution in [0.15, 0.2) is 45.9 Å². The fourth-order valence-electron chi connectivity index (χ4n) is 2.40. The van der Waals surface area contributed by atoms with E-state index in [9.17, 15) is 9.59 Å². The number of carbonyl (C=O) groups is 2. The molecular weight excluding hydrogens is 326 g/mol. The van der Waals surface area contributed by atoms with Crippen LogP contribution in [0.25, 0.3) is 0 Å². The van der Waals surface area contributed by atoms with Crippen LogP contribution in [0.2, 0.25) is 0 Å². The molecule has 0 aliphatic heterocycles. The number of nitrogens with zero attached hydrogens (tertiary/aromatic N) is 1. The van der Waals surface area contributed by atoms with Gasteiger partial charge >= 0.3 is 5.97 Å². The summed E-state index contributed by atoms with van der Waals surface area (Å²) in [4.78, 5) is 26.5. The summed E-state index contributed by atoms with van der Waals surface area (Å²) in [6.45, 7) is 5.38. The second-order valence-electron chi connectivity index (χ2n) is 5.23. The van der Waals surface area contributed by atoms with E-state index in [0.717, 1.165) is 17.9 Å². The van der Waals surface area contributed by atoms with Crippen molar-refractivity contribution in [3.63, 3.8) is 0 Å². The van der Waals surface area contributed by atoms with Gasteiger partial charge in [-0.3, -0.25) is 4.79 Å². The van der Waals surface area contributed by atoms with Gasteiger partial charge in [-0.05, 0) is 31.5 Å². The van der Waals surface area contributed by atoms with Crippen LogP contribution >= 0.6 is 11.8 Å². The molecule has 0 aliphatic carbocycles. The summed E-state index contributed by atoms with van der Waals surface area (Å²) in [6.07, 6.45) is 2.28. The van der Waals surface area contributed by atoms with Gasteiger partial charge in [-0.2, -0.15) is 0 Å². The van der Waals surface area contributed by atoms with E-state index < -0.39 is 5.97 Å². The minimum atomic E-state index is -1.01. The summed E-state index contributed by atoms with van der Waals surface area (Å²) in [6, 6.07) is 8.84. The summed E-state index contributed by atoms with van der Waals surface area (Å²) in [5.41, 5.74) is 0.800. The minimum absolute atomic E-state index is 0.000327. The van der Waals surface area contributed by atoms with E-state index in [4.69, 9.17) is 9.52 Å². The maximum atomic E-state index is 12.7. The molecule has 0 atom stereocenters.